The van der Waals surface area contributed by atoms with Crippen molar-refractivity contribution in [3.05, 3.63) is 59.7 Å². The molecule has 4 rings (SSSR count). The summed E-state index contributed by atoms with van der Waals surface area (Å²) in [4.78, 5) is 35.2. The first kappa shape index (κ1) is 23.4. The SMILES string of the molecule is O=C(O)C#CCNC(=O)C1CCCC(CNC(=O)OCC2c3ccccc3-c3ccccc32)C1. The molecule has 0 aromatic heterocycles. The molecule has 2 aromatic rings. The molecule has 0 radical (unpaired) electrons. The van der Waals surface area contributed by atoms with Crippen LogP contribution in [0, 0.1) is 23.7 Å². The number of fused-ring (bicyclic) bond motifs is 3. The topological polar surface area (TPSA) is 105 Å². The van der Waals surface area contributed by atoms with Crippen molar-refractivity contribution in [1.82, 2.24) is 10.6 Å². The van der Waals surface area contributed by atoms with Gasteiger partial charge in [0, 0.05) is 24.3 Å². The third-order valence-electron chi connectivity index (χ3n) is 6.58. The van der Waals surface area contributed by atoms with Crippen molar-refractivity contribution in [2.24, 2.45) is 11.8 Å². The van der Waals surface area contributed by atoms with Gasteiger partial charge in [0.25, 0.3) is 0 Å². The maximum atomic E-state index is 12.4. The molecule has 34 heavy (non-hydrogen) atoms. The van der Waals surface area contributed by atoms with Crippen LogP contribution in [-0.4, -0.2) is 42.8 Å². The fraction of sp³-hybridized carbons (Fsp3) is 0.370. The van der Waals surface area contributed by atoms with Gasteiger partial charge in [-0.3, -0.25) is 4.79 Å². The molecule has 1 saturated carbocycles. The molecule has 2 aromatic carbocycles. The van der Waals surface area contributed by atoms with Gasteiger partial charge in [0.15, 0.2) is 0 Å². The highest BCUT2D eigenvalue weighted by atomic mass is 16.5. The summed E-state index contributed by atoms with van der Waals surface area (Å²) in [5, 5.41) is 14.1. The minimum absolute atomic E-state index is 0.0182. The maximum absolute atomic E-state index is 12.4. The first-order chi connectivity index (χ1) is 16.5. The molecule has 7 nitrogen and oxygen atoms in total. The van der Waals surface area contributed by atoms with E-state index in [1.165, 1.54) is 22.3 Å². The van der Waals surface area contributed by atoms with E-state index < -0.39 is 12.1 Å². The van der Waals surface area contributed by atoms with Crippen LogP contribution in [0.2, 0.25) is 0 Å². The summed E-state index contributed by atoms with van der Waals surface area (Å²) in [5.41, 5.74) is 4.72. The quantitative estimate of drug-likeness (QED) is 0.572. The molecule has 3 N–H and O–H groups in total. The van der Waals surface area contributed by atoms with Crippen LogP contribution in [0.25, 0.3) is 11.1 Å². The molecule has 176 valence electrons. The normalized spacial score (nSPS) is 18.6. The monoisotopic (exact) mass is 460 g/mol. The highest BCUT2D eigenvalue weighted by molar-refractivity contribution is 5.86. The number of aliphatic carboxylic acids is 1. The van der Waals surface area contributed by atoms with E-state index in [0.717, 1.165) is 19.3 Å². The van der Waals surface area contributed by atoms with E-state index in [1.807, 2.05) is 30.2 Å². The number of carboxylic acid groups (broad SMARTS) is 1. The molecular weight excluding hydrogens is 432 g/mol. The number of hydrogen-bond acceptors (Lipinski definition) is 4. The van der Waals surface area contributed by atoms with Gasteiger partial charge in [-0.2, -0.15) is 0 Å². The second-order valence-electron chi connectivity index (χ2n) is 8.76. The molecular formula is C27H28N2O5. The van der Waals surface area contributed by atoms with Crippen LogP contribution in [0.15, 0.2) is 48.5 Å². The third-order valence-corrected chi connectivity index (χ3v) is 6.58. The van der Waals surface area contributed by atoms with Gasteiger partial charge < -0.3 is 20.5 Å². The summed E-state index contributed by atoms with van der Waals surface area (Å²) in [7, 11) is 0. The molecule has 0 aliphatic heterocycles. The van der Waals surface area contributed by atoms with Crippen LogP contribution in [0.3, 0.4) is 0 Å². The fourth-order valence-electron chi connectivity index (χ4n) is 4.99. The summed E-state index contributed by atoms with van der Waals surface area (Å²) in [6, 6.07) is 16.4. The Morgan fingerprint density at radius 3 is 2.32 bits per heavy atom. The molecule has 0 saturated heterocycles. The number of benzene rings is 2. The summed E-state index contributed by atoms with van der Waals surface area (Å²) in [6.45, 7) is 0.747. The molecule has 2 atom stereocenters. The zero-order valence-electron chi connectivity index (χ0n) is 18.9. The predicted octanol–water partition coefficient (Wildman–Crippen LogP) is 3.54. The smallest absolute Gasteiger partial charge is 0.407 e. The Labute approximate surface area is 198 Å². The highest BCUT2D eigenvalue weighted by Crippen LogP contribution is 2.44. The second kappa shape index (κ2) is 10.9. The van der Waals surface area contributed by atoms with Crippen molar-refractivity contribution in [3.8, 4) is 23.0 Å². The van der Waals surface area contributed by atoms with E-state index in [1.54, 1.807) is 0 Å². The van der Waals surface area contributed by atoms with Gasteiger partial charge in [0.2, 0.25) is 5.91 Å². The molecule has 2 amide bonds. The van der Waals surface area contributed by atoms with Crippen LogP contribution in [0.1, 0.15) is 42.7 Å². The van der Waals surface area contributed by atoms with Gasteiger partial charge in [-0.25, -0.2) is 9.59 Å². The minimum atomic E-state index is -1.22. The number of amides is 2. The zero-order chi connectivity index (χ0) is 23.9. The minimum Gasteiger partial charge on any atom is -0.472 e. The molecule has 2 aliphatic carbocycles. The molecule has 2 aliphatic rings. The third kappa shape index (κ3) is 5.57. The average Bonchev–Trinajstić information content (AvgIpc) is 3.18. The first-order valence-corrected chi connectivity index (χ1v) is 11.6. The Bertz CT molecular complexity index is 1090. The standard InChI is InChI=1S/C27H28N2O5/c30-25(31)13-6-14-28-26(32)19-8-5-7-18(15-19)16-29-27(33)34-17-24-22-11-3-1-9-20(22)21-10-2-4-12-23(21)24/h1-4,9-12,18-19,24H,5,7-8,14-17H2,(H,28,32)(H,29,33)(H,30,31). The van der Waals surface area contributed by atoms with Crippen LogP contribution < -0.4 is 10.6 Å². The van der Waals surface area contributed by atoms with Gasteiger partial charge in [0.05, 0.1) is 6.54 Å². The summed E-state index contributed by atoms with van der Waals surface area (Å²) < 4.78 is 5.60. The lowest BCUT2D eigenvalue weighted by atomic mass is 9.81. The van der Waals surface area contributed by atoms with Crippen molar-refractivity contribution >= 4 is 18.0 Å². The highest BCUT2D eigenvalue weighted by Gasteiger charge is 2.30. The summed E-state index contributed by atoms with van der Waals surface area (Å²) in [6.07, 6.45) is 2.83. The van der Waals surface area contributed by atoms with E-state index in [-0.39, 0.29) is 36.8 Å². The lowest BCUT2D eigenvalue weighted by molar-refractivity contribution is -0.130. The van der Waals surface area contributed by atoms with Gasteiger partial charge in [0.1, 0.15) is 6.61 Å². The molecule has 0 bridgehead atoms. The average molecular weight is 461 g/mol. The van der Waals surface area contributed by atoms with Crippen molar-refractivity contribution in [2.45, 2.75) is 31.6 Å². The van der Waals surface area contributed by atoms with E-state index in [4.69, 9.17) is 9.84 Å². The van der Waals surface area contributed by atoms with Gasteiger partial charge in [-0.1, -0.05) is 60.9 Å². The van der Waals surface area contributed by atoms with E-state index >= 15 is 0 Å². The van der Waals surface area contributed by atoms with Crippen molar-refractivity contribution in [3.63, 3.8) is 0 Å². The second-order valence-corrected chi connectivity index (χ2v) is 8.76. The molecule has 0 spiro atoms. The molecule has 2 unspecified atom stereocenters. The van der Waals surface area contributed by atoms with Crippen molar-refractivity contribution < 1.29 is 24.2 Å². The Balaban J connectivity index is 1.24. The number of carboxylic acids is 1. The molecule has 0 heterocycles. The van der Waals surface area contributed by atoms with E-state index in [9.17, 15) is 14.4 Å². The maximum Gasteiger partial charge on any atom is 0.407 e. The number of nitrogens with one attached hydrogen (secondary N) is 2. The first-order valence-electron chi connectivity index (χ1n) is 11.6. The Kier molecular flexibility index (Phi) is 7.48. The number of ether oxygens (including phenoxy) is 1. The Hall–Kier alpha value is -3.79. The van der Waals surface area contributed by atoms with Crippen molar-refractivity contribution in [2.75, 3.05) is 19.7 Å². The lowest BCUT2D eigenvalue weighted by Gasteiger charge is -2.28. The van der Waals surface area contributed by atoms with Gasteiger partial charge in [-0.05, 0) is 47.4 Å². The number of carbonyl (C=O) groups excluding carboxylic acids is 2. The van der Waals surface area contributed by atoms with Crippen LogP contribution >= 0.6 is 0 Å². The van der Waals surface area contributed by atoms with E-state index in [0.29, 0.717) is 13.0 Å². The molecule has 7 heteroatoms. The summed E-state index contributed by atoms with van der Waals surface area (Å²) in [5.74, 6) is 3.09. The zero-order valence-corrected chi connectivity index (χ0v) is 18.9. The Morgan fingerprint density at radius 2 is 1.65 bits per heavy atom. The van der Waals surface area contributed by atoms with E-state index in [2.05, 4.69) is 40.8 Å². The number of rotatable bonds is 6. The number of carbonyl (C=O) groups is 3. The predicted molar refractivity (Wildman–Crippen MR) is 127 cm³/mol. The van der Waals surface area contributed by atoms with Crippen LogP contribution in [0.4, 0.5) is 4.79 Å². The van der Waals surface area contributed by atoms with Crippen molar-refractivity contribution in [1.29, 1.82) is 0 Å². The van der Waals surface area contributed by atoms with Crippen LogP contribution in [0.5, 0.6) is 0 Å². The molecule has 1 fully saturated rings. The fourth-order valence-corrected chi connectivity index (χ4v) is 4.99. The number of alkyl carbamates (subject to hydrolysis) is 1. The largest absolute Gasteiger partial charge is 0.472 e. The summed E-state index contributed by atoms with van der Waals surface area (Å²) >= 11 is 0. The van der Waals surface area contributed by atoms with Gasteiger partial charge in [-0.15, -0.1) is 0 Å². The lowest BCUT2D eigenvalue weighted by Crippen LogP contribution is -2.37. The number of hydrogen-bond donors (Lipinski definition) is 3. The Morgan fingerprint density at radius 1 is 0.971 bits per heavy atom. The van der Waals surface area contributed by atoms with Gasteiger partial charge >= 0.3 is 12.1 Å². The van der Waals surface area contributed by atoms with Crippen LogP contribution in [-0.2, 0) is 14.3 Å².